The summed E-state index contributed by atoms with van der Waals surface area (Å²) in [5.41, 5.74) is 2.60. The van der Waals surface area contributed by atoms with E-state index in [1.165, 1.54) is 0 Å². The summed E-state index contributed by atoms with van der Waals surface area (Å²) >= 11 is 1.59. The first kappa shape index (κ1) is 16.2. The van der Waals surface area contributed by atoms with E-state index in [4.69, 9.17) is 9.84 Å². The highest BCUT2D eigenvalue weighted by atomic mass is 32.1. The number of pyridine rings is 1. The molecule has 0 aliphatic rings. The topological polar surface area (TPSA) is 112 Å². The highest BCUT2D eigenvalue weighted by Crippen LogP contribution is 2.37. The van der Waals surface area contributed by atoms with Crippen molar-refractivity contribution in [3.05, 3.63) is 24.4 Å². The lowest BCUT2D eigenvalue weighted by Crippen LogP contribution is -2.14. The number of H-pyrrole nitrogens is 1. The average Bonchev–Trinajstić information content (AvgIpc) is 3.22. The van der Waals surface area contributed by atoms with Gasteiger partial charge in [0, 0.05) is 25.9 Å². The third kappa shape index (κ3) is 3.63. The number of anilines is 2. The summed E-state index contributed by atoms with van der Waals surface area (Å²) in [5.74, 6) is -0.423. The highest BCUT2D eigenvalue weighted by Gasteiger charge is 2.12. The third-order valence-electron chi connectivity index (χ3n) is 3.29. The Balaban J connectivity index is 1.97. The van der Waals surface area contributed by atoms with Crippen molar-refractivity contribution < 1.29 is 14.6 Å². The van der Waals surface area contributed by atoms with Gasteiger partial charge >= 0.3 is 5.97 Å². The number of aliphatic carboxylic acids is 1. The number of fused-ring (bicyclic) bond motifs is 1. The molecule has 0 saturated carbocycles. The lowest BCUT2D eigenvalue weighted by atomic mass is 10.3. The van der Waals surface area contributed by atoms with Crippen LogP contribution in [0.4, 0.5) is 11.5 Å². The van der Waals surface area contributed by atoms with Crippen molar-refractivity contribution in [1.29, 1.82) is 0 Å². The van der Waals surface area contributed by atoms with Crippen LogP contribution in [0.2, 0.25) is 0 Å². The van der Waals surface area contributed by atoms with Gasteiger partial charge in [0.05, 0.1) is 33.1 Å². The van der Waals surface area contributed by atoms with Gasteiger partial charge in [0.2, 0.25) is 0 Å². The fourth-order valence-corrected chi connectivity index (χ4v) is 3.29. The molecule has 0 unspecified atom stereocenters. The van der Waals surface area contributed by atoms with Gasteiger partial charge in [-0.25, -0.2) is 4.98 Å². The Morgan fingerprint density at radius 3 is 3.00 bits per heavy atom. The Bertz CT molecular complexity index is 831. The van der Waals surface area contributed by atoms with Crippen LogP contribution in [0.15, 0.2) is 24.4 Å². The van der Waals surface area contributed by atoms with Crippen molar-refractivity contribution in [1.82, 2.24) is 15.2 Å². The van der Waals surface area contributed by atoms with Crippen LogP contribution in [-0.4, -0.2) is 53.1 Å². The molecular weight excluding hydrogens is 330 g/mol. The number of aromatic nitrogens is 3. The SMILES string of the molecule is COCCNc1cc(NCC(=O)O)nc2cc(-c3ccn[nH]3)sc12. The molecule has 0 saturated heterocycles. The number of rotatable bonds is 8. The minimum Gasteiger partial charge on any atom is -0.480 e. The minimum atomic E-state index is -0.936. The van der Waals surface area contributed by atoms with E-state index < -0.39 is 5.97 Å². The van der Waals surface area contributed by atoms with Gasteiger partial charge in [-0.05, 0) is 12.1 Å². The largest absolute Gasteiger partial charge is 0.480 e. The quantitative estimate of drug-likeness (QED) is 0.462. The van der Waals surface area contributed by atoms with E-state index in [2.05, 4.69) is 25.8 Å². The maximum atomic E-state index is 10.8. The molecule has 4 N–H and O–H groups in total. The number of hydrogen-bond acceptors (Lipinski definition) is 7. The van der Waals surface area contributed by atoms with E-state index in [1.807, 2.05) is 18.2 Å². The van der Waals surface area contributed by atoms with Crippen LogP contribution in [0.3, 0.4) is 0 Å². The maximum absolute atomic E-state index is 10.8. The van der Waals surface area contributed by atoms with Crippen LogP contribution in [0, 0.1) is 0 Å². The Morgan fingerprint density at radius 2 is 2.29 bits per heavy atom. The van der Waals surface area contributed by atoms with Gasteiger partial charge in [0.1, 0.15) is 12.4 Å². The summed E-state index contributed by atoms with van der Waals surface area (Å²) in [4.78, 5) is 16.3. The standard InChI is InChI=1S/C15H17N5O3S/c1-23-5-4-16-10-7-13(17-8-14(21)22)19-11-6-12(24-15(10)11)9-2-3-18-20-9/h2-3,6-7H,4-5,8H2,1H3,(H,18,20)(H,21,22)(H2,16,17,19). The smallest absolute Gasteiger partial charge is 0.322 e. The predicted octanol–water partition coefficient (Wildman–Crippen LogP) is 2.24. The van der Waals surface area contributed by atoms with Gasteiger partial charge in [0.25, 0.3) is 0 Å². The van der Waals surface area contributed by atoms with Gasteiger partial charge in [0.15, 0.2) is 0 Å². The normalized spacial score (nSPS) is 10.9. The molecule has 24 heavy (non-hydrogen) atoms. The molecule has 126 valence electrons. The predicted molar refractivity (Wildman–Crippen MR) is 93.7 cm³/mol. The number of nitrogens with one attached hydrogen (secondary N) is 3. The summed E-state index contributed by atoms with van der Waals surface area (Å²) in [6, 6.07) is 5.67. The Kier molecular flexibility index (Phi) is 4.92. The van der Waals surface area contributed by atoms with E-state index in [0.29, 0.717) is 19.0 Å². The molecule has 3 rings (SSSR count). The zero-order valence-corrected chi connectivity index (χ0v) is 13.8. The van der Waals surface area contributed by atoms with E-state index in [0.717, 1.165) is 26.5 Å². The Morgan fingerprint density at radius 1 is 1.42 bits per heavy atom. The molecule has 3 aromatic heterocycles. The van der Waals surface area contributed by atoms with Crippen LogP contribution in [0.25, 0.3) is 20.8 Å². The lowest BCUT2D eigenvalue weighted by molar-refractivity contribution is -0.134. The molecule has 9 heteroatoms. The highest BCUT2D eigenvalue weighted by molar-refractivity contribution is 7.22. The summed E-state index contributed by atoms with van der Waals surface area (Å²) in [6.45, 7) is 1.03. The van der Waals surface area contributed by atoms with Crippen LogP contribution in [-0.2, 0) is 9.53 Å². The number of carboxylic acids is 1. The molecule has 0 amide bonds. The van der Waals surface area contributed by atoms with Gasteiger partial charge in [-0.15, -0.1) is 11.3 Å². The fourth-order valence-electron chi connectivity index (χ4n) is 2.22. The Hall–Kier alpha value is -2.65. The van der Waals surface area contributed by atoms with E-state index >= 15 is 0 Å². The van der Waals surface area contributed by atoms with E-state index in [1.54, 1.807) is 24.6 Å². The monoisotopic (exact) mass is 347 g/mol. The van der Waals surface area contributed by atoms with Crippen LogP contribution in [0.5, 0.6) is 0 Å². The van der Waals surface area contributed by atoms with Crippen molar-refractivity contribution >= 4 is 39.0 Å². The van der Waals surface area contributed by atoms with Crippen molar-refractivity contribution in [3.8, 4) is 10.6 Å². The number of nitrogens with zero attached hydrogens (tertiary/aromatic N) is 2. The van der Waals surface area contributed by atoms with Crippen molar-refractivity contribution in [2.24, 2.45) is 0 Å². The van der Waals surface area contributed by atoms with Crippen molar-refractivity contribution in [2.45, 2.75) is 0 Å². The molecule has 0 atom stereocenters. The second kappa shape index (κ2) is 7.28. The second-order valence-electron chi connectivity index (χ2n) is 5.02. The Labute approximate surface area is 141 Å². The van der Waals surface area contributed by atoms with Crippen molar-refractivity contribution in [2.75, 3.05) is 37.4 Å². The number of carbonyl (C=O) groups is 1. The summed E-state index contributed by atoms with van der Waals surface area (Å²) in [6.07, 6.45) is 1.70. The third-order valence-corrected chi connectivity index (χ3v) is 4.48. The lowest BCUT2D eigenvalue weighted by Gasteiger charge is -2.10. The molecule has 8 nitrogen and oxygen atoms in total. The number of aromatic amines is 1. The molecule has 3 heterocycles. The average molecular weight is 347 g/mol. The zero-order chi connectivity index (χ0) is 16.9. The number of methoxy groups -OCH3 is 1. The van der Waals surface area contributed by atoms with Gasteiger partial charge in [-0.2, -0.15) is 5.10 Å². The zero-order valence-electron chi connectivity index (χ0n) is 13.0. The molecule has 0 spiro atoms. The summed E-state index contributed by atoms with van der Waals surface area (Å²) in [5, 5.41) is 21.9. The van der Waals surface area contributed by atoms with Crippen LogP contribution in [0.1, 0.15) is 0 Å². The van der Waals surface area contributed by atoms with E-state index in [9.17, 15) is 4.79 Å². The number of ether oxygens (including phenoxy) is 1. The van der Waals surface area contributed by atoms with E-state index in [-0.39, 0.29) is 6.54 Å². The molecule has 0 radical (unpaired) electrons. The van der Waals surface area contributed by atoms with Crippen molar-refractivity contribution in [3.63, 3.8) is 0 Å². The molecule has 3 aromatic rings. The van der Waals surface area contributed by atoms with Crippen LogP contribution >= 0.6 is 11.3 Å². The van der Waals surface area contributed by atoms with Gasteiger partial charge < -0.3 is 20.5 Å². The van der Waals surface area contributed by atoms with Crippen LogP contribution < -0.4 is 10.6 Å². The van der Waals surface area contributed by atoms with Gasteiger partial charge in [-0.3, -0.25) is 9.89 Å². The first-order chi connectivity index (χ1) is 11.7. The maximum Gasteiger partial charge on any atom is 0.322 e. The second-order valence-corrected chi connectivity index (χ2v) is 6.07. The fraction of sp³-hybridized carbons (Fsp3) is 0.267. The number of carboxylic acid groups (broad SMARTS) is 1. The molecule has 0 aliphatic heterocycles. The summed E-state index contributed by atoms with van der Waals surface area (Å²) < 4.78 is 6.06. The number of thiophene rings is 1. The first-order valence-electron chi connectivity index (χ1n) is 7.30. The van der Waals surface area contributed by atoms with Gasteiger partial charge in [-0.1, -0.05) is 0 Å². The molecule has 0 bridgehead atoms. The number of hydrogen-bond donors (Lipinski definition) is 4. The first-order valence-corrected chi connectivity index (χ1v) is 8.12. The summed E-state index contributed by atoms with van der Waals surface area (Å²) in [7, 11) is 1.64. The molecule has 0 fully saturated rings. The molecule has 0 aromatic carbocycles. The molecular formula is C15H17N5O3S. The minimum absolute atomic E-state index is 0.187. The molecule has 0 aliphatic carbocycles.